The molecule has 0 amide bonds. The molecule has 0 saturated heterocycles. The van der Waals surface area contributed by atoms with Crippen molar-refractivity contribution in [3.05, 3.63) is 42.5 Å². The van der Waals surface area contributed by atoms with Crippen molar-refractivity contribution in [1.82, 2.24) is 10.2 Å². The minimum atomic E-state index is 0.191. The van der Waals surface area contributed by atoms with Crippen LogP contribution in [0.2, 0.25) is 0 Å². The number of hydrogen-bond donors (Lipinski definition) is 2. The zero-order valence-corrected chi connectivity index (χ0v) is 12.6. The summed E-state index contributed by atoms with van der Waals surface area (Å²) in [6.07, 6.45) is 5.43. The summed E-state index contributed by atoms with van der Waals surface area (Å²) in [6.45, 7) is 3.95. The van der Waals surface area contributed by atoms with Crippen molar-refractivity contribution in [3.8, 4) is 17.0 Å². The van der Waals surface area contributed by atoms with E-state index in [4.69, 9.17) is 5.73 Å². The summed E-state index contributed by atoms with van der Waals surface area (Å²) in [5.74, 6) is 1.17. The zero-order chi connectivity index (χ0) is 15.5. The van der Waals surface area contributed by atoms with Gasteiger partial charge >= 0.3 is 0 Å². The number of nitrogens with two attached hydrogens (primary N) is 1. The van der Waals surface area contributed by atoms with Gasteiger partial charge in [0.05, 0.1) is 11.4 Å². The topological polar surface area (TPSA) is 75.3 Å². The van der Waals surface area contributed by atoms with Gasteiger partial charge in [0.15, 0.2) is 5.82 Å². The van der Waals surface area contributed by atoms with Gasteiger partial charge in [-0.25, -0.2) is 0 Å². The lowest BCUT2D eigenvalue weighted by Gasteiger charge is -2.25. The first-order chi connectivity index (χ1) is 10.6. The van der Waals surface area contributed by atoms with Gasteiger partial charge in [-0.1, -0.05) is 31.2 Å². The highest BCUT2D eigenvalue weighted by molar-refractivity contribution is 5.74. The Morgan fingerprint density at radius 3 is 2.86 bits per heavy atom. The maximum absolute atomic E-state index is 10.00. The minimum Gasteiger partial charge on any atom is -0.507 e. The summed E-state index contributed by atoms with van der Waals surface area (Å²) >= 11 is 0. The number of rotatable bonds is 2. The molecular formula is C17H20N4O. The van der Waals surface area contributed by atoms with Crippen molar-refractivity contribution in [2.24, 2.45) is 5.92 Å². The van der Waals surface area contributed by atoms with Crippen molar-refractivity contribution in [2.45, 2.75) is 13.3 Å². The third-order valence-corrected chi connectivity index (χ3v) is 3.89. The second kappa shape index (κ2) is 6.05. The van der Waals surface area contributed by atoms with Crippen LogP contribution in [0.25, 0.3) is 11.3 Å². The van der Waals surface area contributed by atoms with E-state index < -0.39 is 0 Å². The smallest absolute Gasteiger partial charge is 0.169 e. The summed E-state index contributed by atoms with van der Waals surface area (Å²) in [5, 5.41) is 18.2. The average Bonchev–Trinajstić information content (AvgIpc) is 2.73. The van der Waals surface area contributed by atoms with Crippen molar-refractivity contribution >= 4 is 11.5 Å². The predicted molar refractivity (Wildman–Crippen MR) is 88.7 cm³/mol. The van der Waals surface area contributed by atoms with Gasteiger partial charge in [0.1, 0.15) is 5.75 Å². The standard InChI is InChI=1S/C17H20N4O/c1-12-6-4-5-9-21(11-12)15-10-14(19-20-17(15)18)13-7-2-3-8-16(13)22/h2-5,7-8,10,12,22H,6,9,11H2,1H3,(H2,18,20)/t12-/m0/s1. The first-order valence-electron chi connectivity index (χ1n) is 7.46. The Kier molecular flexibility index (Phi) is 3.96. The summed E-state index contributed by atoms with van der Waals surface area (Å²) in [4.78, 5) is 2.21. The minimum absolute atomic E-state index is 0.191. The van der Waals surface area contributed by atoms with Crippen molar-refractivity contribution in [2.75, 3.05) is 23.7 Å². The highest BCUT2D eigenvalue weighted by Gasteiger charge is 2.17. The lowest BCUT2D eigenvalue weighted by Crippen LogP contribution is -2.28. The molecule has 114 valence electrons. The van der Waals surface area contributed by atoms with E-state index in [-0.39, 0.29) is 5.75 Å². The number of phenolic OH excluding ortho intramolecular Hbond substituents is 1. The number of nitrogens with zero attached hydrogens (tertiary/aromatic N) is 3. The summed E-state index contributed by atoms with van der Waals surface area (Å²) < 4.78 is 0. The van der Waals surface area contributed by atoms with E-state index >= 15 is 0 Å². The summed E-state index contributed by atoms with van der Waals surface area (Å²) in [6, 6.07) is 9.02. The number of aromatic nitrogens is 2. The predicted octanol–water partition coefficient (Wildman–Crippen LogP) is 2.83. The third kappa shape index (κ3) is 2.88. The Morgan fingerprint density at radius 2 is 2.05 bits per heavy atom. The average molecular weight is 296 g/mol. The van der Waals surface area contributed by atoms with Crippen molar-refractivity contribution in [1.29, 1.82) is 0 Å². The van der Waals surface area contributed by atoms with Gasteiger partial charge in [0.25, 0.3) is 0 Å². The van der Waals surface area contributed by atoms with E-state index in [0.29, 0.717) is 23.0 Å². The largest absolute Gasteiger partial charge is 0.507 e. The summed E-state index contributed by atoms with van der Waals surface area (Å²) in [7, 11) is 0. The molecule has 0 fully saturated rings. The number of para-hydroxylation sites is 1. The van der Waals surface area contributed by atoms with E-state index in [1.165, 1.54) is 0 Å². The number of aromatic hydroxyl groups is 1. The Balaban J connectivity index is 2.00. The lowest BCUT2D eigenvalue weighted by atomic mass is 10.1. The van der Waals surface area contributed by atoms with E-state index in [0.717, 1.165) is 25.2 Å². The van der Waals surface area contributed by atoms with E-state index in [2.05, 4.69) is 34.2 Å². The highest BCUT2D eigenvalue weighted by atomic mass is 16.3. The molecule has 0 spiro atoms. The van der Waals surface area contributed by atoms with Crippen LogP contribution < -0.4 is 10.6 Å². The quantitative estimate of drug-likeness (QED) is 0.833. The van der Waals surface area contributed by atoms with Crippen LogP contribution in [-0.2, 0) is 0 Å². The van der Waals surface area contributed by atoms with Crippen LogP contribution in [-0.4, -0.2) is 28.4 Å². The van der Waals surface area contributed by atoms with E-state index in [9.17, 15) is 5.11 Å². The van der Waals surface area contributed by atoms with Crippen LogP contribution in [0.4, 0.5) is 11.5 Å². The first-order valence-corrected chi connectivity index (χ1v) is 7.46. The van der Waals surface area contributed by atoms with Crippen molar-refractivity contribution in [3.63, 3.8) is 0 Å². The van der Waals surface area contributed by atoms with Gasteiger partial charge in [0, 0.05) is 18.7 Å². The molecule has 0 aliphatic carbocycles. The lowest BCUT2D eigenvalue weighted by molar-refractivity contribution is 0.477. The van der Waals surface area contributed by atoms with Crippen LogP contribution in [0.15, 0.2) is 42.5 Å². The second-order valence-electron chi connectivity index (χ2n) is 5.73. The fraction of sp³-hybridized carbons (Fsp3) is 0.294. The van der Waals surface area contributed by atoms with Crippen molar-refractivity contribution < 1.29 is 5.11 Å². The molecule has 5 nitrogen and oxygen atoms in total. The van der Waals surface area contributed by atoms with Crippen LogP contribution in [0.1, 0.15) is 13.3 Å². The molecule has 1 atom stereocenters. The fourth-order valence-electron chi connectivity index (χ4n) is 2.72. The molecule has 1 aliphatic heterocycles. The molecule has 0 unspecified atom stereocenters. The molecule has 1 aliphatic rings. The number of phenols is 1. The number of benzene rings is 1. The Morgan fingerprint density at radius 1 is 1.23 bits per heavy atom. The van der Waals surface area contributed by atoms with Crippen LogP contribution in [0.3, 0.4) is 0 Å². The molecule has 2 aromatic rings. The van der Waals surface area contributed by atoms with Gasteiger partial charge in [-0.15, -0.1) is 10.2 Å². The Hall–Kier alpha value is -2.56. The zero-order valence-electron chi connectivity index (χ0n) is 12.6. The number of nitrogen functional groups attached to an aromatic ring is 1. The Labute approximate surface area is 130 Å². The summed E-state index contributed by atoms with van der Waals surface area (Å²) in [5.41, 5.74) is 8.19. The molecule has 3 N–H and O–H groups in total. The third-order valence-electron chi connectivity index (χ3n) is 3.89. The normalized spacial score (nSPS) is 18.2. The molecule has 2 heterocycles. The molecule has 0 saturated carbocycles. The van der Waals surface area contributed by atoms with Gasteiger partial charge in [-0.3, -0.25) is 0 Å². The number of hydrogen-bond acceptors (Lipinski definition) is 5. The molecule has 3 rings (SSSR count). The molecule has 1 aromatic heterocycles. The van der Waals surface area contributed by atoms with Crippen LogP contribution in [0.5, 0.6) is 5.75 Å². The van der Waals surface area contributed by atoms with E-state index in [1.54, 1.807) is 12.1 Å². The van der Waals surface area contributed by atoms with E-state index in [1.807, 2.05) is 18.2 Å². The Bertz CT molecular complexity index is 699. The number of anilines is 2. The highest BCUT2D eigenvalue weighted by Crippen LogP contribution is 2.32. The molecule has 1 aromatic carbocycles. The first kappa shape index (κ1) is 14.4. The molecular weight excluding hydrogens is 276 g/mol. The fourth-order valence-corrected chi connectivity index (χ4v) is 2.72. The molecule has 0 bridgehead atoms. The number of allylic oxidation sites excluding steroid dienone is 1. The maximum atomic E-state index is 10.00. The molecule has 22 heavy (non-hydrogen) atoms. The monoisotopic (exact) mass is 296 g/mol. The van der Waals surface area contributed by atoms with Gasteiger partial charge < -0.3 is 15.7 Å². The van der Waals surface area contributed by atoms with Gasteiger partial charge in [0.2, 0.25) is 0 Å². The van der Waals surface area contributed by atoms with Gasteiger partial charge in [-0.2, -0.15) is 0 Å². The van der Waals surface area contributed by atoms with Crippen LogP contribution >= 0.6 is 0 Å². The second-order valence-corrected chi connectivity index (χ2v) is 5.73. The SMILES string of the molecule is C[C@H]1CC=CCN(c2cc(-c3ccccc3O)nnc2N)C1. The van der Waals surface area contributed by atoms with Gasteiger partial charge in [-0.05, 0) is 30.5 Å². The maximum Gasteiger partial charge on any atom is 0.169 e. The molecule has 5 heteroatoms. The van der Waals surface area contributed by atoms with Crippen LogP contribution in [0, 0.1) is 5.92 Å². The molecule has 0 radical (unpaired) electrons.